The van der Waals surface area contributed by atoms with Crippen LogP contribution in [0.1, 0.15) is 28.9 Å². The summed E-state index contributed by atoms with van der Waals surface area (Å²) in [5.74, 6) is 0.873. The number of pyridine rings is 1. The minimum atomic E-state index is -0.181. The lowest BCUT2D eigenvalue weighted by Crippen LogP contribution is -2.42. The summed E-state index contributed by atoms with van der Waals surface area (Å²) in [6.45, 7) is 6.03. The molecule has 10 heteroatoms. The summed E-state index contributed by atoms with van der Waals surface area (Å²) in [5.41, 5.74) is 3.79. The number of likely N-dealkylation sites (tertiary alicyclic amines) is 1. The molecule has 1 saturated heterocycles. The van der Waals surface area contributed by atoms with E-state index in [1.54, 1.807) is 12.4 Å². The third-order valence-corrected chi connectivity index (χ3v) is 9.26. The van der Waals surface area contributed by atoms with E-state index in [1.807, 2.05) is 41.3 Å². The third-order valence-electron chi connectivity index (χ3n) is 8.14. The SMILES string of the molecule is C=CC(=O)N1CCC2(CC(Cn3c(NC(=O)c4ccc(-c5ccnc6[nH]ncc56)s4)nc4ccccc43)C2)C1. The van der Waals surface area contributed by atoms with E-state index >= 15 is 0 Å². The van der Waals surface area contributed by atoms with Crippen LogP contribution in [-0.4, -0.2) is 54.5 Å². The van der Waals surface area contributed by atoms with Gasteiger partial charge in [-0.1, -0.05) is 18.7 Å². The van der Waals surface area contributed by atoms with Crippen LogP contribution in [0.5, 0.6) is 0 Å². The lowest BCUT2D eigenvalue weighted by molar-refractivity contribution is -0.125. The van der Waals surface area contributed by atoms with Crippen molar-refractivity contribution < 1.29 is 9.59 Å². The van der Waals surface area contributed by atoms with Gasteiger partial charge in [0.2, 0.25) is 11.9 Å². The molecule has 39 heavy (non-hydrogen) atoms. The smallest absolute Gasteiger partial charge is 0.268 e. The Morgan fingerprint density at radius 2 is 2.08 bits per heavy atom. The van der Waals surface area contributed by atoms with E-state index in [-0.39, 0.29) is 17.2 Å². The quantitative estimate of drug-likeness (QED) is 0.293. The van der Waals surface area contributed by atoms with Gasteiger partial charge in [0.1, 0.15) is 0 Å². The number of anilines is 1. The predicted octanol–water partition coefficient (Wildman–Crippen LogP) is 5.10. The largest absolute Gasteiger partial charge is 0.339 e. The van der Waals surface area contributed by atoms with Crippen molar-refractivity contribution in [3.8, 4) is 10.4 Å². The molecule has 1 aliphatic carbocycles. The Bertz CT molecular complexity index is 1740. The molecule has 0 bridgehead atoms. The number of amides is 2. The highest BCUT2D eigenvalue weighted by atomic mass is 32.1. The van der Waals surface area contributed by atoms with E-state index in [4.69, 9.17) is 4.98 Å². The van der Waals surface area contributed by atoms with Crippen LogP contribution in [0.2, 0.25) is 0 Å². The number of nitrogens with zero attached hydrogens (tertiary/aromatic N) is 5. The maximum atomic E-state index is 13.4. The second kappa shape index (κ2) is 9.16. The summed E-state index contributed by atoms with van der Waals surface area (Å²) in [6.07, 6.45) is 8.08. The average molecular weight is 538 g/mol. The highest BCUT2D eigenvalue weighted by molar-refractivity contribution is 7.17. The lowest BCUT2D eigenvalue weighted by atomic mass is 9.61. The number of carbonyl (C=O) groups excluding carboxylic acids is 2. The topological polar surface area (TPSA) is 109 Å². The highest BCUT2D eigenvalue weighted by Crippen LogP contribution is 2.52. The van der Waals surface area contributed by atoms with Gasteiger partial charge in [0.25, 0.3) is 5.91 Å². The number of imidazole rings is 1. The Kier molecular flexibility index (Phi) is 5.59. The zero-order chi connectivity index (χ0) is 26.6. The monoisotopic (exact) mass is 537 g/mol. The minimum Gasteiger partial charge on any atom is -0.339 e. The number of hydrogen-bond acceptors (Lipinski definition) is 6. The number of thiophene rings is 1. The van der Waals surface area contributed by atoms with E-state index < -0.39 is 0 Å². The fourth-order valence-corrected chi connectivity index (χ4v) is 7.27. The van der Waals surface area contributed by atoms with Crippen molar-refractivity contribution in [1.29, 1.82) is 0 Å². The molecule has 5 heterocycles. The normalized spacial score (nSPS) is 20.5. The molecule has 2 amide bonds. The van der Waals surface area contributed by atoms with E-state index in [0.29, 0.717) is 16.7 Å². The fraction of sp³-hybridized carbons (Fsp3) is 0.276. The number of H-pyrrole nitrogens is 1. The Balaban J connectivity index is 1.10. The predicted molar refractivity (Wildman–Crippen MR) is 151 cm³/mol. The molecule has 2 N–H and O–H groups in total. The minimum absolute atomic E-state index is 0.0239. The third kappa shape index (κ3) is 4.11. The van der Waals surface area contributed by atoms with E-state index in [0.717, 1.165) is 71.4 Å². The number of carbonyl (C=O) groups is 2. The van der Waals surface area contributed by atoms with Crippen LogP contribution in [0.3, 0.4) is 0 Å². The lowest BCUT2D eigenvalue weighted by Gasteiger charge is -2.45. The molecule has 1 aliphatic heterocycles. The fourth-order valence-electron chi connectivity index (χ4n) is 6.33. The molecule has 1 aromatic carbocycles. The molecule has 7 rings (SSSR count). The summed E-state index contributed by atoms with van der Waals surface area (Å²) in [4.78, 5) is 38.0. The molecule has 2 fully saturated rings. The molecule has 2 aliphatic rings. The standard InChI is InChI=1S/C29H27N7O2S/c1-2-25(37)35-12-10-29(17-35)13-18(14-29)16-36-22-6-4-3-5-21(22)32-28(36)33-27(38)24-8-7-23(39-24)19-9-11-30-26-20(19)15-31-34-26/h2-9,11,15,18H,1,10,12-14,16-17H2,(H,30,31,34)(H,32,33,38). The van der Waals surface area contributed by atoms with Gasteiger partial charge in [-0.15, -0.1) is 11.3 Å². The number of aromatic amines is 1. The van der Waals surface area contributed by atoms with Crippen LogP contribution in [0.25, 0.3) is 32.5 Å². The molecule has 5 aromatic rings. The first kappa shape index (κ1) is 23.8. The van der Waals surface area contributed by atoms with Gasteiger partial charge in [-0.3, -0.25) is 20.0 Å². The second-order valence-corrected chi connectivity index (χ2v) is 11.7. The first-order valence-corrected chi connectivity index (χ1v) is 13.9. The molecular formula is C29H27N7O2S. The van der Waals surface area contributed by atoms with Gasteiger partial charge in [-0.2, -0.15) is 5.10 Å². The Hall–Kier alpha value is -4.31. The van der Waals surface area contributed by atoms with E-state index in [1.165, 1.54) is 17.4 Å². The number of nitrogens with one attached hydrogen (secondary N) is 2. The average Bonchev–Trinajstić information content (AvgIpc) is 3.73. The molecule has 1 saturated carbocycles. The molecule has 1 spiro atoms. The summed E-state index contributed by atoms with van der Waals surface area (Å²) >= 11 is 1.43. The Labute approximate surface area is 228 Å². The van der Waals surface area contributed by atoms with Crippen LogP contribution < -0.4 is 5.32 Å². The van der Waals surface area contributed by atoms with E-state index in [9.17, 15) is 9.59 Å². The van der Waals surface area contributed by atoms with Gasteiger partial charge >= 0.3 is 0 Å². The number of benzene rings is 1. The molecule has 0 unspecified atom stereocenters. The first-order chi connectivity index (χ1) is 19.0. The number of rotatable bonds is 6. The van der Waals surface area contributed by atoms with Crippen molar-refractivity contribution in [3.05, 3.63) is 72.4 Å². The maximum absolute atomic E-state index is 13.4. The summed E-state index contributed by atoms with van der Waals surface area (Å²) in [7, 11) is 0. The number of para-hydroxylation sites is 2. The van der Waals surface area contributed by atoms with Gasteiger partial charge < -0.3 is 9.47 Å². The van der Waals surface area contributed by atoms with Crippen LogP contribution in [0, 0.1) is 11.3 Å². The van der Waals surface area contributed by atoms with Crippen molar-refractivity contribution in [1.82, 2.24) is 29.6 Å². The van der Waals surface area contributed by atoms with Crippen molar-refractivity contribution >= 4 is 51.2 Å². The van der Waals surface area contributed by atoms with Gasteiger partial charge in [0, 0.05) is 41.7 Å². The summed E-state index contributed by atoms with van der Waals surface area (Å²) in [5, 5.41) is 11.0. The summed E-state index contributed by atoms with van der Waals surface area (Å²) < 4.78 is 2.14. The van der Waals surface area contributed by atoms with Crippen LogP contribution in [0.4, 0.5) is 5.95 Å². The van der Waals surface area contributed by atoms with Crippen LogP contribution in [0.15, 0.2) is 67.5 Å². The van der Waals surface area contributed by atoms with Gasteiger partial charge in [0.05, 0.1) is 22.1 Å². The van der Waals surface area contributed by atoms with E-state index in [2.05, 4.69) is 37.7 Å². The summed E-state index contributed by atoms with van der Waals surface area (Å²) in [6, 6.07) is 13.7. The Morgan fingerprint density at radius 3 is 2.95 bits per heavy atom. The number of aromatic nitrogens is 5. The molecule has 9 nitrogen and oxygen atoms in total. The molecule has 0 atom stereocenters. The second-order valence-electron chi connectivity index (χ2n) is 10.6. The molecule has 4 aromatic heterocycles. The molecule has 0 radical (unpaired) electrons. The Morgan fingerprint density at radius 1 is 1.21 bits per heavy atom. The maximum Gasteiger partial charge on any atom is 0.268 e. The highest BCUT2D eigenvalue weighted by Gasteiger charge is 2.49. The van der Waals surface area contributed by atoms with Gasteiger partial charge in [-0.05, 0) is 67.0 Å². The zero-order valence-corrected chi connectivity index (χ0v) is 22.1. The van der Waals surface area contributed by atoms with Crippen LogP contribution >= 0.6 is 11.3 Å². The van der Waals surface area contributed by atoms with Crippen molar-refractivity contribution in [2.75, 3.05) is 18.4 Å². The number of hydrogen-bond donors (Lipinski definition) is 2. The number of fused-ring (bicyclic) bond motifs is 2. The van der Waals surface area contributed by atoms with Crippen molar-refractivity contribution in [3.63, 3.8) is 0 Å². The molecule has 196 valence electrons. The zero-order valence-electron chi connectivity index (χ0n) is 21.3. The van der Waals surface area contributed by atoms with Crippen LogP contribution in [-0.2, 0) is 11.3 Å². The van der Waals surface area contributed by atoms with Gasteiger partial charge in [0.15, 0.2) is 5.65 Å². The van der Waals surface area contributed by atoms with Gasteiger partial charge in [-0.25, -0.2) is 9.97 Å². The van der Waals surface area contributed by atoms with Crippen molar-refractivity contribution in [2.24, 2.45) is 11.3 Å². The molecular weight excluding hydrogens is 510 g/mol. The van der Waals surface area contributed by atoms with Crippen molar-refractivity contribution in [2.45, 2.75) is 25.8 Å². The first-order valence-electron chi connectivity index (χ1n) is 13.1.